The largest absolute Gasteiger partial charge is 0.379 e. The molecule has 2 fully saturated rings. The Balaban J connectivity index is 1.42. The summed E-state index contributed by atoms with van der Waals surface area (Å²) in [5.41, 5.74) is 0. The molecule has 2 aliphatic heterocycles. The van der Waals surface area contributed by atoms with E-state index in [9.17, 15) is 0 Å². The van der Waals surface area contributed by atoms with E-state index in [1.807, 2.05) is 0 Å². The van der Waals surface area contributed by atoms with E-state index in [0.29, 0.717) is 5.15 Å². The Labute approximate surface area is 131 Å². The minimum Gasteiger partial charge on any atom is -0.379 e. The van der Waals surface area contributed by atoms with Crippen LogP contribution in [0.5, 0.6) is 0 Å². The topological polar surface area (TPSA) is 41.5 Å². The van der Waals surface area contributed by atoms with E-state index in [1.54, 1.807) is 12.4 Å². The molecule has 0 bridgehead atoms. The summed E-state index contributed by atoms with van der Waals surface area (Å²) in [6.07, 6.45) is 7.16. The van der Waals surface area contributed by atoms with Gasteiger partial charge in [0.2, 0.25) is 0 Å². The summed E-state index contributed by atoms with van der Waals surface area (Å²) in [4.78, 5) is 13.3. The summed E-state index contributed by atoms with van der Waals surface area (Å²) in [5, 5.41) is 0.474. The summed E-state index contributed by atoms with van der Waals surface area (Å²) in [7, 11) is 0. The molecule has 21 heavy (non-hydrogen) atoms. The molecule has 0 unspecified atom stereocenters. The van der Waals surface area contributed by atoms with E-state index in [2.05, 4.69) is 19.8 Å². The third-order valence-electron chi connectivity index (χ3n) is 4.49. The van der Waals surface area contributed by atoms with Gasteiger partial charge in [0, 0.05) is 26.2 Å². The van der Waals surface area contributed by atoms with Gasteiger partial charge >= 0.3 is 0 Å². The number of morpholine rings is 1. The van der Waals surface area contributed by atoms with Crippen molar-refractivity contribution < 1.29 is 4.74 Å². The van der Waals surface area contributed by atoms with Crippen molar-refractivity contribution >= 4 is 17.4 Å². The molecule has 3 heterocycles. The van der Waals surface area contributed by atoms with Crippen LogP contribution in [-0.2, 0) is 4.74 Å². The normalized spacial score (nSPS) is 21.7. The average molecular weight is 311 g/mol. The third kappa shape index (κ3) is 4.28. The van der Waals surface area contributed by atoms with Gasteiger partial charge in [-0.1, -0.05) is 11.6 Å². The van der Waals surface area contributed by atoms with Crippen molar-refractivity contribution in [2.45, 2.75) is 19.3 Å². The lowest BCUT2D eigenvalue weighted by Gasteiger charge is -2.34. The first-order chi connectivity index (χ1) is 10.3. The summed E-state index contributed by atoms with van der Waals surface area (Å²) >= 11 is 5.91. The molecule has 0 aliphatic carbocycles. The van der Waals surface area contributed by atoms with Crippen molar-refractivity contribution in [1.29, 1.82) is 0 Å². The molecule has 6 heteroatoms. The molecule has 0 aromatic carbocycles. The summed E-state index contributed by atoms with van der Waals surface area (Å²) in [6.45, 7) is 7.31. The van der Waals surface area contributed by atoms with Gasteiger partial charge in [0.1, 0.15) is 11.0 Å². The van der Waals surface area contributed by atoms with Crippen LogP contribution in [0.1, 0.15) is 19.3 Å². The van der Waals surface area contributed by atoms with Crippen LogP contribution in [0, 0.1) is 5.92 Å². The van der Waals surface area contributed by atoms with Crippen molar-refractivity contribution in [3.63, 3.8) is 0 Å². The van der Waals surface area contributed by atoms with Crippen molar-refractivity contribution in [2.75, 3.05) is 50.8 Å². The minimum absolute atomic E-state index is 0.474. The maximum absolute atomic E-state index is 5.91. The molecular formula is C15H23ClN4O. The fourth-order valence-electron chi connectivity index (χ4n) is 3.13. The molecule has 2 aliphatic rings. The molecular weight excluding hydrogens is 288 g/mol. The number of piperidine rings is 1. The van der Waals surface area contributed by atoms with Crippen LogP contribution in [0.2, 0.25) is 5.15 Å². The highest BCUT2D eigenvalue weighted by atomic mass is 35.5. The zero-order chi connectivity index (χ0) is 14.5. The van der Waals surface area contributed by atoms with Gasteiger partial charge in [0.15, 0.2) is 0 Å². The standard InChI is InChI=1S/C15H23ClN4O/c16-14-11-17-12-15(18-14)20-5-2-13(3-6-20)1-4-19-7-9-21-10-8-19/h11-13H,1-10H2. The van der Waals surface area contributed by atoms with Gasteiger partial charge in [0.05, 0.1) is 25.6 Å². The van der Waals surface area contributed by atoms with Gasteiger partial charge in [-0.15, -0.1) is 0 Å². The van der Waals surface area contributed by atoms with Gasteiger partial charge in [-0.3, -0.25) is 9.88 Å². The molecule has 0 atom stereocenters. The fourth-order valence-corrected chi connectivity index (χ4v) is 3.27. The van der Waals surface area contributed by atoms with E-state index < -0.39 is 0 Å². The van der Waals surface area contributed by atoms with Gasteiger partial charge in [0.25, 0.3) is 0 Å². The average Bonchev–Trinajstić information content (AvgIpc) is 2.54. The monoisotopic (exact) mass is 310 g/mol. The van der Waals surface area contributed by atoms with Gasteiger partial charge in [-0.25, -0.2) is 4.98 Å². The van der Waals surface area contributed by atoms with E-state index in [0.717, 1.165) is 51.1 Å². The number of ether oxygens (including phenoxy) is 1. The molecule has 0 radical (unpaired) electrons. The quantitative estimate of drug-likeness (QED) is 0.851. The molecule has 3 rings (SSSR count). The summed E-state index contributed by atoms with van der Waals surface area (Å²) in [6, 6.07) is 0. The number of aromatic nitrogens is 2. The van der Waals surface area contributed by atoms with Crippen LogP contribution < -0.4 is 4.90 Å². The maximum Gasteiger partial charge on any atom is 0.149 e. The van der Waals surface area contributed by atoms with Crippen LogP contribution in [-0.4, -0.2) is 60.8 Å². The van der Waals surface area contributed by atoms with E-state index >= 15 is 0 Å². The van der Waals surface area contributed by atoms with Gasteiger partial charge in [-0.2, -0.15) is 0 Å². The highest BCUT2D eigenvalue weighted by Crippen LogP contribution is 2.24. The lowest BCUT2D eigenvalue weighted by molar-refractivity contribution is 0.0349. The predicted octanol–water partition coefficient (Wildman–Crippen LogP) is 2.07. The molecule has 0 amide bonds. The Bertz CT molecular complexity index is 445. The van der Waals surface area contributed by atoms with Crippen LogP contribution in [0.3, 0.4) is 0 Å². The first kappa shape index (κ1) is 15.0. The van der Waals surface area contributed by atoms with Crippen LogP contribution >= 0.6 is 11.6 Å². The summed E-state index contributed by atoms with van der Waals surface area (Å²) in [5.74, 6) is 1.74. The van der Waals surface area contributed by atoms with Crippen molar-refractivity contribution in [3.8, 4) is 0 Å². The van der Waals surface area contributed by atoms with Crippen LogP contribution in [0.4, 0.5) is 5.82 Å². The SMILES string of the molecule is Clc1cncc(N2CCC(CCN3CCOCC3)CC2)n1. The number of hydrogen-bond acceptors (Lipinski definition) is 5. The minimum atomic E-state index is 0.474. The lowest BCUT2D eigenvalue weighted by Crippen LogP contribution is -2.39. The third-order valence-corrected chi connectivity index (χ3v) is 4.67. The first-order valence-corrected chi connectivity index (χ1v) is 8.21. The molecule has 0 spiro atoms. The van der Waals surface area contributed by atoms with Gasteiger partial charge in [-0.05, 0) is 31.7 Å². The number of nitrogens with zero attached hydrogens (tertiary/aromatic N) is 4. The van der Waals surface area contributed by atoms with Gasteiger partial charge < -0.3 is 9.64 Å². The smallest absolute Gasteiger partial charge is 0.149 e. The predicted molar refractivity (Wildman–Crippen MR) is 83.9 cm³/mol. The molecule has 1 aromatic heterocycles. The summed E-state index contributed by atoms with van der Waals surface area (Å²) < 4.78 is 5.39. The number of halogens is 1. The highest BCUT2D eigenvalue weighted by molar-refractivity contribution is 6.29. The second-order valence-corrected chi connectivity index (χ2v) is 6.26. The molecule has 5 nitrogen and oxygen atoms in total. The van der Waals surface area contributed by atoms with E-state index in [1.165, 1.54) is 25.8 Å². The Hall–Kier alpha value is -0.910. The zero-order valence-electron chi connectivity index (χ0n) is 12.4. The molecule has 2 saturated heterocycles. The Kier molecular flexibility index (Phi) is 5.27. The second kappa shape index (κ2) is 7.38. The Morgan fingerprint density at radius 2 is 1.90 bits per heavy atom. The van der Waals surface area contributed by atoms with Crippen LogP contribution in [0.25, 0.3) is 0 Å². The van der Waals surface area contributed by atoms with E-state index in [4.69, 9.17) is 16.3 Å². The maximum atomic E-state index is 5.91. The Morgan fingerprint density at radius 1 is 1.14 bits per heavy atom. The molecule has 0 saturated carbocycles. The van der Waals surface area contributed by atoms with E-state index in [-0.39, 0.29) is 0 Å². The second-order valence-electron chi connectivity index (χ2n) is 5.87. The zero-order valence-corrected chi connectivity index (χ0v) is 13.1. The highest BCUT2D eigenvalue weighted by Gasteiger charge is 2.21. The molecule has 116 valence electrons. The first-order valence-electron chi connectivity index (χ1n) is 7.84. The number of anilines is 1. The van der Waals surface area contributed by atoms with Crippen molar-refractivity contribution in [2.24, 2.45) is 5.92 Å². The molecule has 0 N–H and O–H groups in total. The number of rotatable bonds is 4. The number of hydrogen-bond donors (Lipinski definition) is 0. The van der Waals surface area contributed by atoms with Crippen molar-refractivity contribution in [3.05, 3.63) is 17.5 Å². The lowest BCUT2D eigenvalue weighted by atomic mass is 9.93. The molecule has 1 aromatic rings. The Morgan fingerprint density at radius 3 is 2.62 bits per heavy atom. The van der Waals surface area contributed by atoms with Crippen molar-refractivity contribution in [1.82, 2.24) is 14.9 Å². The fraction of sp³-hybridized carbons (Fsp3) is 0.733. The van der Waals surface area contributed by atoms with Crippen LogP contribution in [0.15, 0.2) is 12.4 Å².